The first kappa shape index (κ1) is 6.69. The minimum atomic E-state index is -1.28. The Morgan fingerprint density at radius 3 is 1.86 bits per heavy atom. The topological polar surface area (TPSA) is 29.1 Å². The van der Waals surface area contributed by atoms with Crippen molar-refractivity contribution in [3.63, 3.8) is 0 Å². The highest BCUT2D eigenvalue weighted by molar-refractivity contribution is 6.75. The van der Waals surface area contributed by atoms with Crippen LogP contribution in [0.2, 0.25) is 19.6 Å². The van der Waals surface area contributed by atoms with E-state index in [-0.39, 0.29) is 0 Å². The molecule has 1 amide bonds. The first-order valence-electron chi connectivity index (χ1n) is 2.27. The Kier molecular flexibility index (Phi) is 2.02. The Bertz CT molecular complexity index is 66.6. The average molecular weight is 117 g/mol. The largest absolute Gasteiger partial charge is 0.385 e. The van der Waals surface area contributed by atoms with Crippen molar-refractivity contribution in [1.29, 1.82) is 0 Å². The van der Waals surface area contributed by atoms with Crippen molar-refractivity contribution in [2.45, 2.75) is 19.6 Å². The van der Waals surface area contributed by atoms with Crippen molar-refractivity contribution in [2.24, 2.45) is 0 Å². The molecule has 0 heterocycles. The monoisotopic (exact) mass is 117 g/mol. The molecule has 0 saturated carbocycles. The van der Waals surface area contributed by atoms with Crippen LogP contribution in [-0.2, 0) is 4.79 Å². The van der Waals surface area contributed by atoms with Gasteiger partial charge < -0.3 is 4.98 Å². The molecule has 0 radical (unpaired) electrons. The normalized spacial score (nSPS) is 10.7. The van der Waals surface area contributed by atoms with Crippen molar-refractivity contribution in [1.82, 2.24) is 4.98 Å². The van der Waals surface area contributed by atoms with Crippen LogP contribution in [0.3, 0.4) is 0 Å². The van der Waals surface area contributed by atoms with Gasteiger partial charge in [-0.1, -0.05) is 19.6 Å². The van der Waals surface area contributed by atoms with Crippen LogP contribution in [0.15, 0.2) is 0 Å². The fraction of sp³-hybridized carbons (Fsp3) is 0.750. The molecule has 0 aliphatic heterocycles. The SMILES string of the molecule is C[Si](C)(C)NC=O. The van der Waals surface area contributed by atoms with E-state index in [1.165, 1.54) is 0 Å². The summed E-state index contributed by atoms with van der Waals surface area (Å²) in [6, 6.07) is 0. The third kappa shape index (κ3) is 5.69. The predicted octanol–water partition coefficient (Wildman–Crippen LogP) is 0.567. The average Bonchev–Trinajstić information content (AvgIpc) is 1.30. The van der Waals surface area contributed by atoms with Gasteiger partial charge in [-0.15, -0.1) is 0 Å². The maximum absolute atomic E-state index is 9.74. The van der Waals surface area contributed by atoms with Gasteiger partial charge in [-0.2, -0.15) is 0 Å². The highest BCUT2D eigenvalue weighted by Crippen LogP contribution is 1.89. The standard InChI is InChI=1S/C4H11NOSi/c1-7(2,3)5-4-6/h4H,1-3H3,(H,5,6). The molecule has 0 saturated heterocycles. The lowest BCUT2D eigenvalue weighted by Gasteiger charge is -2.11. The maximum Gasteiger partial charge on any atom is 0.199 e. The molecule has 0 aromatic carbocycles. The molecule has 0 fully saturated rings. The van der Waals surface area contributed by atoms with Crippen molar-refractivity contribution in [2.75, 3.05) is 0 Å². The van der Waals surface area contributed by atoms with Crippen LogP contribution < -0.4 is 4.98 Å². The molecule has 0 spiro atoms. The lowest BCUT2D eigenvalue weighted by molar-refractivity contribution is -0.108. The van der Waals surface area contributed by atoms with Gasteiger partial charge in [0.15, 0.2) is 6.41 Å². The summed E-state index contributed by atoms with van der Waals surface area (Å²) in [5.74, 6) is 0. The van der Waals surface area contributed by atoms with Crippen LogP contribution in [0, 0.1) is 0 Å². The van der Waals surface area contributed by atoms with Gasteiger partial charge in [0.2, 0.25) is 0 Å². The first-order valence-corrected chi connectivity index (χ1v) is 5.77. The summed E-state index contributed by atoms with van der Waals surface area (Å²) < 4.78 is 0. The number of hydrogen-bond donors (Lipinski definition) is 1. The molecule has 42 valence electrons. The maximum atomic E-state index is 9.74. The van der Waals surface area contributed by atoms with E-state index in [2.05, 4.69) is 24.6 Å². The molecule has 7 heavy (non-hydrogen) atoms. The Balaban J connectivity index is 3.34. The second kappa shape index (κ2) is 2.11. The third-order valence-corrected chi connectivity index (χ3v) is 1.48. The van der Waals surface area contributed by atoms with Crippen molar-refractivity contribution in [3.05, 3.63) is 0 Å². The molecule has 0 aromatic heterocycles. The van der Waals surface area contributed by atoms with Gasteiger partial charge in [0.25, 0.3) is 0 Å². The highest BCUT2D eigenvalue weighted by Gasteiger charge is 2.09. The van der Waals surface area contributed by atoms with E-state index in [4.69, 9.17) is 0 Å². The van der Waals surface area contributed by atoms with Gasteiger partial charge in [0, 0.05) is 0 Å². The Morgan fingerprint density at radius 1 is 1.43 bits per heavy atom. The molecule has 3 heteroatoms. The zero-order valence-corrected chi connectivity index (χ0v) is 5.99. The summed E-state index contributed by atoms with van der Waals surface area (Å²) in [4.78, 5) is 12.5. The van der Waals surface area contributed by atoms with Crippen molar-refractivity contribution in [3.8, 4) is 0 Å². The number of carbonyl (C=O) groups excluding carboxylic acids is 1. The van der Waals surface area contributed by atoms with Gasteiger partial charge in [0.1, 0.15) is 8.24 Å². The van der Waals surface area contributed by atoms with Crippen molar-refractivity contribution >= 4 is 14.6 Å². The molecule has 0 bridgehead atoms. The first-order chi connectivity index (χ1) is 3.06. The zero-order valence-electron chi connectivity index (χ0n) is 4.99. The van der Waals surface area contributed by atoms with Crippen molar-refractivity contribution < 1.29 is 4.79 Å². The summed E-state index contributed by atoms with van der Waals surface area (Å²) in [7, 11) is -1.28. The van der Waals surface area contributed by atoms with E-state index in [9.17, 15) is 4.79 Å². The van der Waals surface area contributed by atoms with Gasteiger partial charge in [0.05, 0.1) is 0 Å². The summed E-state index contributed by atoms with van der Waals surface area (Å²) in [5.41, 5.74) is 0. The second-order valence-corrected chi connectivity index (χ2v) is 7.30. The summed E-state index contributed by atoms with van der Waals surface area (Å²) in [6.45, 7) is 6.21. The Labute approximate surface area is 45.0 Å². The molecule has 0 aliphatic rings. The van der Waals surface area contributed by atoms with E-state index in [0.717, 1.165) is 6.41 Å². The molecule has 0 unspecified atom stereocenters. The molecule has 0 rings (SSSR count). The number of hydrogen-bond acceptors (Lipinski definition) is 1. The van der Waals surface area contributed by atoms with Gasteiger partial charge in [-0.05, 0) is 0 Å². The molecular formula is C4H11NOSi. The van der Waals surface area contributed by atoms with Crippen LogP contribution in [0.5, 0.6) is 0 Å². The molecule has 0 aliphatic carbocycles. The van der Waals surface area contributed by atoms with E-state index in [1.807, 2.05) is 0 Å². The molecular weight excluding hydrogens is 106 g/mol. The Morgan fingerprint density at radius 2 is 1.86 bits per heavy atom. The van der Waals surface area contributed by atoms with E-state index < -0.39 is 8.24 Å². The summed E-state index contributed by atoms with van der Waals surface area (Å²) in [6.07, 6.45) is 0.770. The lowest BCUT2D eigenvalue weighted by atomic mass is 11.5. The molecule has 2 nitrogen and oxygen atoms in total. The molecule has 0 aromatic rings. The highest BCUT2D eigenvalue weighted by atomic mass is 28.3. The Hall–Kier alpha value is -0.313. The number of carbonyl (C=O) groups is 1. The smallest absolute Gasteiger partial charge is 0.199 e. The lowest BCUT2D eigenvalue weighted by Crippen LogP contribution is -2.39. The van der Waals surface area contributed by atoms with Crippen LogP contribution in [0.1, 0.15) is 0 Å². The number of amides is 1. The summed E-state index contributed by atoms with van der Waals surface area (Å²) >= 11 is 0. The van der Waals surface area contributed by atoms with Crippen LogP contribution in [0.25, 0.3) is 0 Å². The fourth-order valence-corrected chi connectivity index (χ4v) is 0.530. The predicted molar refractivity (Wildman–Crippen MR) is 32.5 cm³/mol. The summed E-state index contributed by atoms with van der Waals surface area (Å²) in [5, 5.41) is 0. The molecule has 1 N–H and O–H groups in total. The fourth-order valence-electron chi connectivity index (χ4n) is 0.177. The van der Waals surface area contributed by atoms with E-state index >= 15 is 0 Å². The van der Waals surface area contributed by atoms with Crippen LogP contribution >= 0.6 is 0 Å². The van der Waals surface area contributed by atoms with Gasteiger partial charge >= 0.3 is 0 Å². The van der Waals surface area contributed by atoms with Gasteiger partial charge in [-0.3, -0.25) is 4.79 Å². The minimum Gasteiger partial charge on any atom is -0.385 e. The van der Waals surface area contributed by atoms with Crippen LogP contribution in [0.4, 0.5) is 0 Å². The van der Waals surface area contributed by atoms with E-state index in [1.54, 1.807) is 0 Å². The quantitative estimate of drug-likeness (QED) is 0.416. The number of rotatable bonds is 2. The van der Waals surface area contributed by atoms with E-state index in [0.29, 0.717) is 0 Å². The van der Waals surface area contributed by atoms with Crippen LogP contribution in [-0.4, -0.2) is 14.6 Å². The van der Waals surface area contributed by atoms with Gasteiger partial charge in [-0.25, -0.2) is 0 Å². The third-order valence-electron chi connectivity index (χ3n) is 0.492. The minimum absolute atomic E-state index is 0.770. The second-order valence-electron chi connectivity index (χ2n) is 2.51. The molecule has 0 atom stereocenters. The number of nitrogens with one attached hydrogen (secondary N) is 1. The zero-order chi connectivity index (χ0) is 5.91.